The first-order valence-corrected chi connectivity index (χ1v) is 22.0. The van der Waals surface area contributed by atoms with Gasteiger partial charge >= 0.3 is 13.9 Å². The first-order chi connectivity index (χ1) is 30.3. The van der Waals surface area contributed by atoms with E-state index in [1.165, 1.54) is 15.7 Å². The topological polar surface area (TPSA) is 177 Å². The molecule has 1 aromatic heterocycles. The normalized spacial score (nSPS) is 21.9. The molecule has 4 aliphatic rings. The third-order valence-corrected chi connectivity index (χ3v) is 13.0. The number of phosphoric acid groups is 1. The van der Waals surface area contributed by atoms with Gasteiger partial charge in [0.05, 0.1) is 50.8 Å². The Kier molecular flexibility index (Phi) is 12.9. The van der Waals surface area contributed by atoms with Crippen LogP contribution in [0.5, 0.6) is 5.75 Å². The fourth-order valence-electron chi connectivity index (χ4n) is 8.23. The fraction of sp³-hybridized carbons (Fsp3) is 0.386. The number of carbonyl (C=O) groups excluding carboxylic acids is 3. The molecule has 2 fully saturated rings. The summed E-state index contributed by atoms with van der Waals surface area (Å²) in [6.45, 7) is 2.66. The zero-order valence-electron chi connectivity index (χ0n) is 34.6. The molecule has 19 heteroatoms. The molecular formula is C44H46F2N5O11P. The van der Waals surface area contributed by atoms with Gasteiger partial charge < -0.3 is 29.1 Å². The van der Waals surface area contributed by atoms with Crippen molar-refractivity contribution in [3.8, 4) is 5.75 Å². The minimum absolute atomic E-state index is 0.0509. The Bertz CT molecular complexity index is 2460. The minimum atomic E-state index is -4.31. The van der Waals surface area contributed by atoms with Crippen LogP contribution in [-0.4, -0.2) is 88.6 Å². The standard InChI is InChI=1S/C44H46F2N5O11P/c1-28-20-44(62-48-28)16-15-29(2)50-23-37(44)51-22-35(41(53)47-21-32-13-14-33(45)19-36(32)46)39(52)40(38(51)42(50)54)61-43(55)49-17-18-57-26-34(49)27-60-63(56,58-24-30-9-5-3-6-10-30)59-25-31-11-7-4-8-12-31/h3-14,19,22,29,34,37H,15-18,20-21,23-27H2,1-2H3,(H,47,53)/t29-,34-,37+,44-/m0/s1. The van der Waals surface area contributed by atoms with E-state index in [9.17, 15) is 32.5 Å². The van der Waals surface area contributed by atoms with Gasteiger partial charge in [-0.1, -0.05) is 71.9 Å². The summed E-state index contributed by atoms with van der Waals surface area (Å²) in [6, 6.07) is 18.9. The summed E-state index contributed by atoms with van der Waals surface area (Å²) in [7, 11) is -4.31. The van der Waals surface area contributed by atoms with Crippen molar-refractivity contribution in [3.05, 3.63) is 135 Å². The maximum absolute atomic E-state index is 14.6. The molecule has 63 heavy (non-hydrogen) atoms. The Labute approximate surface area is 361 Å². The summed E-state index contributed by atoms with van der Waals surface area (Å²) in [6.07, 6.45) is 1.53. The number of phosphoric ester groups is 1. The van der Waals surface area contributed by atoms with Gasteiger partial charge in [-0.2, -0.15) is 0 Å². The van der Waals surface area contributed by atoms with E-state index in [2.05, 4.69) is 10.5 Å². The van der Waals surface area contributed by atoms with Crippen LogP contribution >= 0.6 is 7.82 Å². The second-order valence-electron chi connectivity index (χ2n) is 15.9. The number of nitrogens with zero attached hydrogens (tertiary/aromatic N) is 4. The zero-order chi connectivity index (χ0) is 44.3. The van der Waals surface area contributed by atoms with Gasteiger partial charge in [0.2, 0.25) is 11.2 Å². The van der Waals surface area contributed by atoms with Crippen molar-refractivity contribution in [2.45, 2.75) is 76.6 Å². The number of pyridine rings is 1. The second kappa shape index (κ2) is 18.5. The van der Waals surface area contributed by atoms with Gasteiger partial charge in [-0.05, 0) is 43.9 Å². The van der Waals surface area contributed by atoms with Gasteiger partial charge in [-0.25, -0.2) is 18.1 Å². The van der Waals surface area contributed by atoms with Crippen molar-refractivity contribution in [1.29, 1.82) is 0 Å². The van der Waals surface area contributed by atoms with Gasteiger partial charge in [-0.3, -0.25) is 32.9 Å². The highest BCUT2D eigenvalue weighted by atomic mass is 31.2. The largest absolute Gasteiger partial charge is 0.475 e. The molecule has 0 saturated carbocycles. The Balaban J connectivity index is 1.10. The lowest BCUT2D eigenvalue weighted by molar-refractivity contribution is -0.0656. The Hall–Kier alpha value is -5.78. The molecule has 3 amide bonds. The number of halogens is 2. The number of aromatic nitrogens is 1. The molecule has 3 aromatic carbocycles. The van der Waals surface area contributed by atoms with Crippen molar-refractivity contribution in [2.24, 2.45) is 5.16 Å². The molecule has 4 aliphatic heterocycles. The number of carbonyl (C=O) groups is 3. The van der Waals surface area contributed by atoms with Crippen LogP contribution in [0.4, 0.5) is 13.6 Å². The SMILES string of the molecule is CC1=NO[C@@]2(CC[C@H](C)N3C[C@H]2n2cc(C(=O)NCc4ccc(F)cc4F)c(=O)c(OC(=O)N4CCOC[C@H]4COP(=O)(OCc4ccccc4)OCc4ccccc4)c2C3=O)C1. The Morgan fingerprint density at radius 1 is 0.984 bits per heavy atom. The molecule has 5 heterocycles. The van der Waals surface area contributed by atoms with Crippen LogP contribution in [-0.2, 0) is 47.5 Å². The zero-order valence-corrected chi connectivity index (χ0v) is 35.5. The van der Waals surface area contributed by atoms with Crippen molar-refractivity contribution in [3.63, 3.8) is 0 Å². The molecule has 332 valence electrons. The van der Waals surface area contributed by atoms with E-state index >= 15 is 0 Å². The van der Waals surface area contributed by atoms with Crippen molar-refractivity contribution in [2.75, 3.05) is 32.9 Å². The van der Waals surface area contributed by atoms with Gasteiger partial charge in [0.15, 0.2) is 11.3 Å². The summed E-state index contributed by atoms with van der Waals surface area (Å²) >= 11 is 0. The highest BCUT2D eigenvalue weighted by Crippen LogP contribution is 2.51. The first kappa shape index (κ1) is 43.9. The fourth-order valence-corrected chi connectivity index (χ4v) is 9.42. The summed E-state index contributed by atoms with van der Waals surface area (Å²) in [4.78, 5) is 66.2. The number of fused-ring (bicyclic) bond motifs is 5. The van der Waals surface area contributed by atoms with Crippen LogP contribution in [0.15, 0.2) is 95.0 Å². The predicted octanol–water partition coefficient (Wildman–Crippen LogP) is 6.53. The molecule has 0 radical (unpaired) electrons. The van der Waals surface area contributed by atoms with E-state index in [-0.39, 0.29) is 56.8 Å². The highest BCUT2D eigenvalue weighted by Gasteiger charge is 2.54. The summed E-state index contributed by atoms with van der Waals surface area (Å²) < 4.78 is 72.8. The minimum Gasteiger partial charge on any atom is -0.403 e. The van der Waals surface area contributed by atoms with Gasteiger partial charge in [0.25, 0.3) is 11.8 Å². The maximum atomic E-state index is 14.6. The molecule has 1 N–H and O–H groups in total. The average molecular weight is 890 g/mol. The number of amides is 3. The van der Waals surface area contributed by atoms with Crippen molar-refractivity contribution >= 4 is 31.4 Å². The molecule has 0 unspecified atom stereocenters. The summed E-state index contributed by atoms with van der Waals surface area (Å²) in [5.41, 5.74) is -0.781. The second-order valence-corrected chi connectivity index (χ2v) is 17.6. The average Bonchev–Trinajstić information content (AvgIpc) is 3.62. The third-order valence-electron chi connectivity index (χ3n) is 11.7. The summed E-state index contributed by atoms with van der Waals surface area (Å²) in [5, 5.41) is 6.75. The first-order valence-electron chi connectivity index (χ1n) is 20.5. The number of nitrogens with one attached hydrogen (secondary N) is 1. The monoisotopic (exact) mass is 889 g/mol. The summed E-state index contributed by atoms with van der Waals surface area (Å²) in [5.74, 6) is -4.01. The van der Waals surface area contributed by atoms with Crippen molar-refractivity contribution < 1.29 is 55.6 Å². The van der Waals surface area contributed by atoms with Gasteiger partial charge in [0.1, 0.15) is 17.2 Å². The molecule has 8 rings (SSSR count). The van der Waals surface area contributed by atoms with E-state index in [1.807, 2.05) is 26.0 Å². The lowest BCUT2D eigenvalue weighted by atomic mass is 9.84. The number of oxime groups is 1. The molecule has 2 saturated heterocycles. The van der Waals surface area contributed by atoms with Crippen LogP contribution in [0.25, 0.3) is 0 Å². The van der Waals surface area contributed by atoms with Crippen molar-refractivity contribution in [1.82, 2.24) is 19.7 Å². The van der Waals surface area contributed by atoms with Crippen LogP contribution in [0.3, 0.4) is 0 Å². The molecule has 0 aliphatic carbocycles. The number of morpholine rings is 1. The maximum Gasteiger partial charge on any atom is 0.475 e. The molecule has 4 atom stereocenters. The van der Waals surface area contributed by atoms with Gasteiger partial charge in [-0.15, -0.1) is 0 Å². The van der Waals surface area contributed by atoms with E-state index < -0.39 is 84.9 Å². The molecular weight excluding hydrogens is 843 g/mol. The van der Waals surface area contributed by atoms with Crippen LogP contribution < -0.4 is 15.5 Å². The smallest absolute Gasteiger partial charge is 0.403 e. The van der Waals surface area contributed by atoms with E-state index in [0.717, 1.165) is 12.1 Å². The molecule has 16 nitrogen and oxygen atoms in total. The lowest BCUT2D eigenvalue weighted by Gasteiger charge is -2.42. The van der Waals surface area contributed by atoms with Gasteiger partial charge in [0, 0.05) is 49.9 Å². The number of ether oxygens (including phenoxy) is 2. The number of hydrogen-bond acceptors (Lipinski definition) is 12. The van der Waals surface area contributed by atoms with E-state index in [1.54, 1.807) is 53.4 Å². The third kappa shape index (κ3) is 9.45. The quantitative estimate of drug-likeness (QED) is 0.145. The van der Waals surface area contributed by atoms with E-state index in [0.29, 0.717) is 42.2 Å². The predicted molar refractivity (Wildman–Crippen MR) is 222 cm³/mol. The van der Waals surface area contributed by atoms with Crippen LogP contribution in [0.1, 0.15) is 76.7 Å². The Morgan fingerprint density at radius 2 is 1.68 bits per heavy atom. The van der Waals surface area contributed by atoms with Crippen LogP contribution in [0, 0.1) is 11.6 Å². The number of benzene rings is 3. The molecule has 4 aromatic rings. The van der Waals surface area contributed by atoms with Crippen LogP contribution in [0.2, 0.25) is 0 Å². The van der Waals surface area contributed by atoms with E-state index in [4.69, 9.17) is 27.9 Å². The number of rotatable bonds is 13. The molecule has 2 bridgehead atoms. The molecule has 1 spiro atoms. The Morgan fingerprint density at radius 3 is 2.33 bits per heavy atom. The lowest BCUT2D eigenvalue weighted by Crippen LogP contribution is -2.54. The highest BCUT2D eigenvalue weighted by molar-refractivity contribution is 7.48. The number of hydrogen-bond donors (Lipinski definition) is 1.